The summed E-state index contributed by atoms with van der Waals surface area (Å²) in [7, 11) is 1.51. The van der Waals surface area contributed by atoms with E-state index in [9.17, 15) is 14.4 Å². The van der Waals surface area contributed by atoms with E-state index in [0.717, 1.165) is 5.56 Å². The van der Waals surface area contributed by atoms with Crippen LogP contribution in [0.15, 0.2) is 78.9 Å². The molecule has 0 heterocycles. The Hall–Kier alpha value is -4.13. The van der Waals surface area contributed by atoms with Crippen molar-refractivity contribution in [1.29, 1.82) is 0 Å². The Morgan fingerprint density at radius 3 is 2.15 bits per heavy atom. The van der Waals surface area contributed by atoms with Crippen LogP contribution in [0.2, 0.25) is 0 Å². The van der Waals surface area contributed by atoms with Gasteiger partial charge in [-0.3, -0.25) is 9.59 Å². The molecule has 0 spiro atoms. The number of carbonyl (C=O) groups excluding carboxylic acids is 3. The van der Waals surface area contributed by atoms with Crippen LogP contribution in [0.25, 0.3) is 0 Å². The molecule has 0 aliphatic rings. The number of esters is 1. The summed E-state index contributed by atoms with van der Waals surface area (Å²) in [5.41, 5.74) is 2.30. The predicted octanol–water partition coefficient (Wildman–Crippen LogP) is 4.05. The van der Waals surface area contributed by atoms with Crippen LogP contribution < -0.4 is 15.4 Å². The van der Waals surface area contributed by atoms with Gasteiger partial charge in [0.25, 0.3) is 11.8 Å². The molecule has 0 fully saturated rings. The molecule has 7 nitrogen and oxygen atoms in total. The smallest absolute Gasteiger partial charge is 0.329 e. The van der Waals surface area contributed by atoms with Gasteiger partial charge in [-0.05, 0) is 43.7 Å². The molecule has 33 heavy (non-hydrogen) atoms. The Balaban J connectivity index is 1.77. The van der Waals surface area contributed by atoms with Crippen molar-refractivity contribution in [2.75, 3.05) is 12.4 Å². The second kappa shape index (κ2) is 10.9. The van der Waals surface area contributed by atoms with Crippen molar-refractivity contribution in [3.63, 3.8) is 0 Å². The lowest BCUT2D eigenvalue weighted by Gasteiger charge is -2.21. The minimum absolute atomic E-state index is 0.412. The third-order valence-electron chi connectivity index (χ3n) is 4.92. The Morgan fingerprint density at radius 1 is 0.879 bits per heavy atom. The number of hydrogen-bond donors (Lipinski definition) is 2. The van der Waals surface area contributed by atoms with Gasteiger partial charge in [-0.15, -0.1) is 0 Å². The number of benzene rings is 3. The standard InChI is InChI=1S/C26H26N2O5/c1-17-14-15-22(32-3)21(16-17)28-25(30)23(19-10-6-4-7-11-19)33-26(31)18(2)27-24(29)20-12-8-5-9-13-20/h4-16,18,23H,1-3H3,(H,27,29)(H,28,30)/t18-,23?/m0/s1. The highest BCUT2D eigenvalue weighted by molar-refractivity contribution is 5.99. The summed E-state index contributed by atoms with van der Waals surface area (Å²) in [6.45, 7) is 3.40. The first-order valence-corrected chi connectivity index (χ1v) is 10.5. The van der Waals surface area contributed by atoms with Gasteiger partial charge in [0.1, 0.15) is 11.8 Å². The predicted molar refractivity (Wildman–Crippen MR) is 125 cm³/mol. The highest BCUT2D eigenvalue weighted by Crippen LogP contribution is 2.28. The topological polar surface area (TPSA) is 93.7 Å². The molecule has 3 aromatic carbocycles. The number of rotatable bonds is 8. The van der Waals surface area contributed by atoms with Crippen molar-refractivity contribution < 1.29 is 23.9 Å². The largest absolute Gasteiger partial charge is 0.495 e. The van der Waals surface area contributed by atoms with Gasteiger partial charge in [0.2, 0.25) is 6.10 Å². The lowest BCUT2D eigenvalue weighted by molar-refractivity contribution is -0.156. The first-order valence-electron chi connectivity index (χ1n) is 10.5. The van der Waals surface area contributed by atoms with E-state index in [1.165, 1.54) is 14.0 Å². The van der Waals surface area contributed by atoms with Gasteiger partial charge in [0.15, 0.2) is 0 Å². The summed E-state index contributed by atoms with van der Waals surface area (Å²) in [6.07, 6.45) is -1.22. The van der Waals surface area contributed by atoms with Gasteiger partial charge in [-0.2, -0.15) is 0 Å². The van der Waals surface area contributed by atoms with Crippen molar-refractivity contribution in [2.45, 2.75) is 26.0 Å². The zero-order chi connectivity index (χ0) is 23.8. The second-order valence-electron chi connectivity index (χ2n) is 7.48. The quantitative estimate of drug-likeness (QED) is 0.509. The molecular weight excluding hydrogens is 420 g/mol. The molecule has 3 rings (SSSR count). The maximum absolute atomic E-state index is 13.2. The van der Waals surface area contributed by atoms with Crippen LogP contribution in [0, 0.1) is 6.92 Å². The van der Waals surface area contributed by atoms with Crippen LogP contribution in [0.3, 0.4) is 0 Å². The van der Waals surface area contributed by atoms with E-state index in [1.54, 1.807) is 72.8 Å². The highest BCUT2D eigenvalue weighted by Gasteiger charge is 2.29. The van der Waals surface area contributed by atoms with E-state index < -0.39 is 29.9 Å². The SMILES string of the molecule is COc1ccc(C)cc1NC(=O)C(OC(=O)[C@H](C)NC(=O)c1ccccc1)c1ccccc1. The van der Waals surface area contributed by atoms with Gasteiger partial charge in [-0.25, -0.2) is 4.79 Å². The van der Waals surface area contributed by atoms with Crippen molar-refractivity contribution in [2.24, 2.45) is 0 Å². The molecule has 2 atom stereocenters. The molecule has 3 aromatic rings. The molecule has 2 N–H and O–H groups in total. The average molecular weight is 447 g/mol. The van der Waals surface area contributed by atoms with E-state index in [-0.39, 0.29) is 0 Å². The number of hydrogen-bond acceptors (Lipinski definition) is 5. The molecule has 1 unspecified atom stereocenters. The van der Waals surface area contributed by atoms with E-state index in [2.05, 4.69) is 10.6 Å². The van der Waals surface area contributed by atoms with Gasteiger partial charge >= 0.3 is 5.97 Å². The Bertz CT molecular complexity index is 1120. The number of aryl methyl sites for hydroxylation is 1. The van der Waals surface area contributed by atoms with Crippen molar-refractivity contribution in [3.05, 3.63) is 95.6 Å². The monoisotopic (exact) mass is 446 g/mol. The van der Waals surface area contributed by atoms with Crippen LogP contribution in [0.1, 0.15) is 34.5 Å². The zero-order valence-electron chi connectivity index (χ0n) is 18.7. The first kappa shape index (κ1) is 23.5. The summed E-state index contributed by atoms with van der Waals surface area (Å²) in [5.74, 6) is -1.21. The van der Waals surface area contributed by atoms with Crippen LogP contribution in [0.4, 0.5) is 5.69 Å². The van der Waals surface area contributed by atoms with Crippen LogP contribution in [0.5, 0.6) is 5.75 Å². The summed E-state index contributed by atoms with van der Waals surface area (Å²) in [5, 5.41) is 5.39. The van der Waals surface area contributed by atoms with E-state index in [0.29, 0.717) is 22.6 Å². The zero-order valence-corrected chi connectivity index (χ0v) is 18.7. The third kappa shape index (κ3) is 6.20. The van der Waals surface area contributed by atoms with Gasteiger partial charge in [-0.1, -0.05) is 54.6 Å². The molecule has 170 valence electrons. The maximum atomic E-state index is 13.2. The summed E-state index contributed by atoms with van der Waals surface area (Å²) in [4.78, 5) is 38.3. The third-order valence-corrected chi connectivity index (χ3v) is 4.92. The van der Waals surface area contributed by atoms with Crippen LogP contribution in [-0.4, -0.2) is 30.9 Å². The number of ether oxygens (including phenoxy) is 2. The van der Waals surface area contributed by atoms with Crippen LogP contribution >= 0.6 is 0 Å². The van der Waals surface area contributed by atoms with E-state index >= 15 is 0 Å². The molecule has 0 aromatic heterocycles. The first-order chi connectivity index (χ1) is 15.9. The fourth-order valence-electron chi connectivity index (χ4n) is 3.17. The second-order valence-corrected chi connectivity index (χ2v) is 7.48. The lowest BCUT2D eigenvalue weighted by atomic mass is 10.1. The number of methoxy groups -OCH3 is 1. The number of carbonyl (C=O) groups is 3. The molecule has 2 amide bonds. The van der Waals surface area contributed by atoms with Gasteiger partial charge in [0, 0.05) is 11.1 Å². The molecule has 7 heteroatoms. The summed E-state index contributed by atoms with van der Waals surface area (Å²) in [6, 6.07) is 21.6. The minimum Gasteiger partial charge on any atom is -0.495 e. The number of anilines is 1. The Labute approximate surface area is 192 Å². The van der Waals surface area contributed by atoms with E-state index in [4.69, 9.17) is 9.47 Å². The Morgan fingerprint density at radius 2 is 1.52 bits per heavy atom. The lowest BCUT2D eigenvalue weighted by Crippen LogP contribution is -2.41. The van der Waals surface area contributed by atoms with E-state index in [1.807, 2.05) is 13.0 Å². The average Bonchev–Trinajstić information content (AvgIpc) is 2.83. The highest BCUT2D eigenvalue weighted by atomic mass is 16.5. The summed E-state index contributed by atoms with van der Waals surface area (Å²) < 4.78 is 10.9. The molecule has 0 aliphatic heterocycles. The van der Waals surface area contributed by atoms with Gasteiger partial charge < -0.3 is 20.1 Å². The minimum atomic E-state index is -1.22. The van der Waals surface area contributed by atoms with Gasteiger partial charge in [0.05, 0.1) is 12.8 Å². The normalized spacial score (nSPS) is 12.2. The number of amides is 2. The molecule has 0 bridgehead atoms. The maximum Gasteiger partial charge on any atom is 0.329 e. The Kier molecular flexibility index (Phi) is 7.81. The van der Waals surface area contributed by atoms with Crippen molar-refractivity contribution in [1.82, 2.24) is 5.32 Å². The molecular formula is C26H26N2O5. The number of nitrogens with one attached hydrogen (secondary N) is 2. The van der Waals surface area contributed by atoms with Crippen molar-refractivity contribution >= 4 is 23.5 Å². The fourth-order valence-corrected chi connectivity index (χ4v) is 3.17. The molecule has 0 saturated carbocycles. The van der Waals surface area contributed by atoms with Crippen molar-refractivity contribution in [3.8, 4) is 5.75 Å². The van der Waals surface area contributed by atoms with Crippen LogP contribution in [-0.2, 0) is 14.3 Å². The molecule has 0 aliphatic carbocycles. The summed E-state index contributed by atoms with van der Waals surface area (Å²) >= 11 is 0. The fraction of sp³-hybridized carbons (Fsp3) is 0.192. The molecule has 0 radical (unpaired) electrons. The molecule has 0 saturated heterocycles.